The van der Waals surface area contributed by atoms with Gasteiger partial charge in [-0.05, 0) is 30.2 Å². The summed E-state index contributed by atoms with van der Waals surface area (Å²) in [6.45, 7) is 4.32. The summed E-state index contributed by atoms with van der Waals surface area (Å²) in [6, 6.07) is 12.3. The van der Waals surface area contributed by atoms with E-state index < -0.39 is 5.97 Å². The van der Waals surface area contributed by atoms with E-state index in [4.69, 9.17) is 18.9 Å². The molecule has 1 heterocycles. The van der Waals surface area contributed by atoms with Crippen molar-refractivity contribution in [1.29, 1.82) is 0 Å². The molecule has 0 aliphatic carbocycles. The molecule has 3 aromatic rings. The van der Waals surface area contributed by atoms with Crippen LogP contribution in [0.4, 0.5) is 0 Å². The molecule has 0 spiro atoms. The van der Waals surface area contributed by atoms with Gasteiger partial charge < -0.3 is 18.9 Å². The van der Waals surface area contributed by atoms with Crippen molar-refractivity contribution in [1.82, 2.24) is 4.98 Å². The van der Waals surface area contributed by atoms with Crippen LogP contribution >= 0.6 is 0 Å². The van der Waals surface area contributed by atoms with Crippen LogP contribution in [0.1, 0.15) is 24.2 Å². The van der Waals surface area contributed by atoms with Gasteiger partial charge in [-0.3, -0.25) is 4.98 Å². The Bertz CT molecular complexity index is 984. The Balaban J connectivity index is 1.98. The molecular formula is C22H23NO5. The lowest BCUT2D eigenvalue weighted by Gasteiger charge is -2.14. The number of methoxy groups -OCH3 is 2. The average Bonchev–Trinajstić information content (AvgIpc) is 2.71. The minimum absolute atomic E-state index is 0.253. The van der Waals surface area contributed by atoms with Gasteiger partial charge in [0.15, 0.2) is 11.5 Å². The number of fused-ring (bicyclic) bond motifs is 1. The fourth-order valence-electron chi connectivity index (χ4n) is 2.70. The normalized spacial score (nSPS) is 10.8. The molecule has 3 rings (SSSR count). The summed E-state index contributed by atoms with van der Waals surface area (Å²) in [5.41, 5.74) is 1.06. The first-order valence-electron chi connectivity index (χ1n) is 8.98. The highest BCUT2D eigenvalue weighted by Gasteiger charge is 2.17. The van der Waals surface area contributed by atoms with Crippen LogP contribution in [0.2, 0.25) is 0 Å². The third-order valence-electron chi connectivity index (χ3n) is 4.08. The minimum atomic E-state index is -0.415. The fourth-order valence-corrected chi connectivity index (χ4v) is 2.70. The molecule has 6 nitrogen and oxygen atoms in total. The van der Waals surface area contributed by atoms with E-state index in [1.54, 1.807) is 56.8 Å². The predicted octanol–water partition coefficient (Wildman–Crippen LogP) is 4.86. The summed E-state index contributed by atoms with van der Waals surface area (Å²) in [4.78, 5) is 16.8. The Kier molecular flexibility index (Phi) is 5.99. The molecule has 2 aromatic carbocycles. The lowest BCUT2D eigenvalue weighted by Crippen LogP contribution is -2.11. The standard InChI is InChI=1S/C22H23NO5/c1-14(2)13-27-22(24)15-7-5-6-8-18(15)28-19-9-10-23-17-12-21(26-4)20(25-3)11-16(17)19/h5-12,14H,13H2,1-4H3. The third-order valence-corrected chi connectivity index (χ3v) is 4.08. The van der Waals surface area contributed by atoms with Crippen molar-refractivity contribution in [2.24, 2.45) is 5.92 Å². The number of hydrogen-bond donors (Lipinski definition) is 0. The second kappa shape index (κ2) is 8.61. The predicted molar refractivity (Wildman–Crippen MR) is 106 cm³/mol. The van der Waals surface area contributed by atoms with Gasteiger partial charge in [-0.2, -0.15) is 0 Å². The quantitative estimate of drug-likeness (QED) is 0.545. The van der Waals surface area contributed by atoms with Crippen LogP contribution in [0.15, 0.2) is 48.7 Å². The van der Waals surface area contributed by atoms with Gasteiger partial charge in [0.1, 0.15) is 17.1 Å². The summed E-state index contributed by atoms with van der Waals surface area (Å²) >= 11 is 0. The monoisotopic (exact) mass is 381 g/mol. The molecule has 0 N–H and O–H groups in total. The summed E-state index contributed by atoms with van der Waals surface area (Å²) in [5, 5.41) is 0.741. The largest absolute Gasteiger partial charge is 0.493 e. The number of hydrogen-bond acceptors (Lipinski definition) is 6. The molecule has 146 valence electrons. The van der Waals surface area contributed by atoms with Gasteiger partial charge in [-0.1, -0.05) is 26.0 Å². The highest BCUT2D eigenvalue weighted by Crippen LogP contribution is 2.37. The zero-order valence-corrected chi connectivity index (χ0v) is 16.4. The highest BCUT2D eigenvalue weighted by molar-refractivity contribution is 5.93. The molecule has 0 saturated carbocycles. The molecular weight excluding hydrogens is 358 g/mol. The summed E-state index contributed by atoms with van der Waals surface area (Å²) in [7, 11) is 3.14. The van der Waals surface area contributed by atoms with Crippen LogP contribution in [-0.4, -0.2) is 31.8 Å². The number of esters is 1. The van der Waals surface area contributed by atoms with Crippen molar-refractivity contribution < 1.29 is 23.7 Å². The van der Waals surface area contributed by atoms with Crippen LogP contribution in [0.25, 0.3) is 10.9 Å². The van der Waals surface area contributed by atoms with Crippen molar-refractivity contribution in [2.45, 2.75) is 13.8 Å². The third kappa shape index (κ3) is 4.17. The first kappa shape index (κ1) is 19.5. The van der Waals surface area contributed by atoms with Crippen molar-refractivity contribution in [3.8, 4) is 23.0 Å². The Morgan fingerprint density at radius 2 is 1.68 bits per heavy atom. The first-order chi connectivity index (χ1) is 13.5. The Morgan fingerprint density at radius 3 is 2.39 bits per heavy atom. The van der Waals surface area contributed by atoms with Crippen molar-refractivity contribution in [3.63, 3.8) is 0 Å². The lowest BCUT2D eigenvalue weighted by atomic mass is 10.1. The molecule has 0 radical (unpaired) electrons. The summed E-state index contributed by atoms with van der Waals surface area (Å²) in [5.74, 6) is 1.95. The number of ether oxygens (including phenoxy) is 4. The van der Waals surface area contributed by atoms with Crippen LogP contribution < -0.4 is 14.2 Å². The number of aromatic nitrogens is 1. The molecule has 1 aromatic heterocycles. The van der Waals surface area contributed by atoms with Gasteiger partial charge in [0.05, 0.1) is 26.3 Å². The van der Waals surface area contributed by atoms with Gasteiger partial charge in [-0.15, -0.1) is 0 Å². The van der Waals surface area contributed by atoms with E-state index in [0.29, 0.717) is 40.7 Å². The first-order valence-corrected chi connectivity index (χ1v) is 8.98. The van der Waals surface area contributed by atoms with Crippen LogP contribution in [0.5, 0.6) is 23.0 Å². The zero-order chi connectivity index (χ0) is 20.1. The number of carbonyl (C=O) groups excluding carboxylic acids is 1. The van der Waals surface area contributed by atoms with E-state index in [-0.39, 0.29) is 5.92 Å². The number of pyridine rings is 1. The van der Waals surface area contributed by atoms with Crippen molar-refractivity contribution >= 4 is 16.9 Å². The molecule has 0 atom stereocenters. The Morgan fingerprint density at radius 1 is 0.964 bits per heavy atom. The summed E-state index contributed by atoms with van der Waals surface area (Å²) in [6.07, 6.45) is 1.64. The maximum absolute atomic E-state index is 12.5. The fraction of sp³-hybridized carbons (Fsp3) is 0.273. The second-order valence-corrected chi connectivity index (χ2v) is 6.62. The Hall–Kier alpha value is -3.28. The van der Waals surface area contributed by atoms with E-state index in [2.05, 4.69) is 4.98 Å². The molecule has 0 amide bonds. The SMILES string of the molecule is COc1cc2nccc(Oc3ccccc3C(=O)OCC(C)C)c2cc1OC. The van der Waals surface area contributed by atoms with Crippen LogP contribution in [-0.2, 0) is 4.74 Å². The average molecular weight is 381 g/mol. The van der Waals surface area contributed by atoms with Crippen LogP contribution in [0.3, 0.4) is 0 Å². The van der Waals surface area contributed by atoms with Gasteiger partial charge in [0.25, 0.3) is 0 Å². The number of nitrogens with zero attached hydrogens (tertiary/aromatic N) is 1. The van der Waals surface area contributed by atoms with E-state index in [1.165, 1.54) is 0 Å². The highest BCUT2D eigenvalue weighted by atomic mass is 16.5. The van der Waals surface area contributed by atoms with Gasteiger partial charge >= 0.3 is 5.97 Å². The number of para-hydroxylation sites is 1. The molecule has 28 heavy (non-hydrogen) atoms. The molecule has 0 bridgehead atoms. The van der Waals surface area contributed by atoms with Crippen molar-refractivity contribution in [3.05, 3.63) is 54.2 Å². The molecule has 0 aliphatic heterocycles. The maximum atomic E-state index is 12.5. The second-order valence-electron chi connectivity index (χ2n) is 6.62. The molecule has 0 aliphatic rings. The van der Waals surface area contributed by atoms with E-state index >= 15 is 0 Å². The number of rotatable bonds is 7. The summed E-state index contributed by atoms with van der Waals surface area (Å²) < 4.78 is 22.2. The van der Waals surface area contributed by atoms with Gasteiger partial charge in [0.2, 0.25) is 0 Å². The molecule has 6 heteroatoms. The lowest BCUT2D eigenvalue weighted by molar-refractivity contribution is 0.0456. The zero-order valence-electron chi connectivity index (χ0n) is 16.4. The van der Waals surface area contributed by atoms with Crippen LogP contribution in [0, 0.1) is 5.92 Å². The van der Waals surface area contributed by atoms with Crippen molar-refractivity contribution in [2.75, 3.05) is 20.8 Å². The van der Waals surface area contributed by atoms with Gasteiger partial charge in [-0.25, -0.2) is 4.79 Å². The number of benzene rings is 2. The molecule has 0 unspecified atom stereocenters. The molecule has 0 fully saturated rings. The molecule has 0 saturated heterocycles. The Labute approximate surface area is 164 Å². The van der Waals surface area contributed by atoms with E-state index in [9.17, 15) is 4.79 Å². The van der Waals surface area contributed by atoms with E-state index in [1.807, 2.05) is 19.9 Å². The smallest absolute Gasteiger partial charge is 0.341 e. The maximum Gasteiger partial charge on any atom is 0.341 e. The minimum Gasteiger partial charge on any atom is -0.493 e. The van der Waals surface area contributed by atoms with E-state index in [0.717, 1.165) is 5.39 Å². The topological polar surface area (TPSA) is 66.9 Å². The van der Waals surface area contributed by atoms with Gasteiger partial charge in [0, 0.05) is 17.6 Å². The number of carbonyl (C=O) groups is 1.